The maximum absolute atomic E-state index is 9.32. The Morgan fingerprint density at radius 2 is 2.38 bits per heavy atom. The van der Waals surface area contributed by atoms with Crippen molar-refractivity contribution >= 4 is 0 Å². The van der Waals surface area contributed by atoms with Crippen molar-refractivity contribution in [3.05, 3.63) is 4.91 Å². The van der Waals surface area contributed by atoms with Gasteiger partial charge >= 0.3 is 0 Å². The number of rotatable bonds is 4. The fraction of sp³-hybridized carbons (Fsp3) is 1.00. The Bertz CT molecular complexity index is 66.3. The second-order valence-electron chi connectivity index (χ2n) is 1.06. The maximum Gasteiger partial charge on any atom is 0.180 e. The van der Waals surface area contributed by atoms with E-state index in [-0.39, 0.29) is 6.54 Å². The van der Waals surface area contributed by atoms with Gasteiger partial charge in [-0.15, -0.1) is 0 Å². The molecule has 0 saturated heterocycles. The lowest BCUT2D eigenvalue weighted by molar-refractivity contribution is -0.144. The molecule has 0 aromatic rings. The lowest BCUT2D eigenvalue weighted by Crippen LogP contribution is -2.15. The van der Waals surface area contributed by atoms with Crippen LogP contribution in [0.1, 0.15) is 0 Å². The molecule has 0 aliphatic heterocycles. The second kappa shape index (κ2) is 4.63. The molecule has 5 nitrogen and oxygen atoms in total. The molecule has 0 saturated carbocycles. The molecule has 0 spiro atoms. The first-order valence-corrected chi connectivity index (χ1v) is 2.01. The Hall–Kier alpha value is -0.520. The summed E-state index contributed by atoms with van der Waals surface area (Å²) in [4.78, 5) is 9.32. The van der Waals surface area contributed by atoms with E-state index in [4.69, 9.17) is 10.2 Å². The quantitative estimate of drug-likeness (QED) is 0.370. The molecular weight excluding hydrogens is 114 g/mol. The van der Waals surface area contributed by atoms with Gasteiger partial charge in [-0.05, 0) is 0 Å². The summed E-state index contributed by atoms with van der Waals surface area (Å²) in [5, 5.41) is 18.6. The lowest BCUT2D eigenvalue weighted by atomic mass is 10.7. The molecule has 8 heavy (non-hydrogen) atoms. The van der Waals surface area contributed by atoms with Gasteiger partial charge in [-0.2, -0.15) is 4.91 Å². The van der Waals surface area contributed by atoms with Crippen molar-refractivity contribution in [1.29, 1.82) is 0 Å². The third kappa shape index (κ3) is 3.66. The molecule has 0 radical (unpaired) electrons. The third-order valence-corrected chi connectivity index (χ3v) is 0.498. The number of nitroso groups, excluding NO2 is 1. The van der Waals surface area contributed by atoms with E-state index >= 15 is 0 Å². The summed E-state index contributed by atoms with van der Waals surface area (Å²) in [6.45, 7) is -0.947. The van der Waals surface area contributed by atoms with Crippen LogP contribution in [0.3, 0.4) is 0 Å². The summed E-state index contributed by atoms with van der Waals surface area (Å²) in [5.41, 5.74) is 0. The van der Waals surface area contributed by atoms with Crippen molar-refractivity contribution in [3.8, 4) is 0 Å². The number of aliphatic hydroxyl groups excluding tert-OH is 2. The smallest absolute Gasteiger partial charge is 0.180 e. The van der Waals surface area contributed by atoms with Crippen LogP contribution in [0.2, 0.25) is 0 Å². The Balaban J connectivity index is 3.03. The van der Waals surface area contributed by atoms with E-state index in [2.05, 4.69) is 9.91 Å². The number of ether oxygens (including phenoxy) is 1. The molecule has 0 heterocycles. The van der Waals surface area contributed by atoms with Gasteiger partial charge in [0.15, 0.2) is 6.29 Å². The molecule has 0 amide bonds. The fourth-order valence-electron chi connectivity index (χ4n) is 0.203. The molecular formula is C3H7NO4. The molecule has 0 aliphatic rings. The summed E-state index contributed by atoms with van der Waals surface area (Å²) in [6.07, 6.45) is -1.27. The average Bonchev–Trinajstić information content (AvgIpc) is 1.68. The van der Waals surface area contributed by atoms with Gasteiger partial charge in [0.2, 0.25) is 0 Å². The van der Waals surface area contributed by atoms with Gasteiger partial charge in [0.25, 0.3) is 0 Å². The van der Waals surface area contributed by atoms with Crippen LogP contribution in [0.15, 0.2) is 5.18 Å². The van der Waals surface area contributed by atoms with Crippen LogP contribution in [0.25, 0.3) is 0 Å². The molecule has 2 N–H and O–H groups in total. The molecule has 0 aromatic carbocycles. The van der Waals surface area contributed by atoms with Crippen molar-refractivity contribution in [2.24, 2.45) is 5.18 Å². The first-order valence-electron chi connectivity index (χ1n) is 2.01. The Morgan fingerprint density at radius 3 is 2.75 bits per heavy atom. The normalized spacial score (nSPS) is 13.2. The van der Waals surface area contributed by atoms with Gasteiger partial charge in [-0.3, -0.25) is 0 Å². The van der Waals surface area contributed by atoms with Crippen molar-refractivity contribution < 1.29 is 14.9 Å². The Labute approximate surface area is 45.9 Å². The molecule has 0 bridgehead atoms. The van der Waals surface area contributed by atoms with E-state index in [1.165, 1.54) is 0 Å². The van der Waals surface area contributed by atoms with Gasteiger partial charge < -0.3 is 14.9 Å². The zero-order valence-electron chi connectivity index (χ0n) is 4.15. The minimum Gasteiger partial charge on any atom is -0.371 e. The molecule has 48 valence electrons. The fourth-order valence-corrected chi connectivity index (χ4v) is 0.203. The van der Waals surface area contributed by atoms with Crippen molar-refractivity contribution in [2.45, 2.75) is 6.29 Å². The van der Waals surface area contributed by atoms with E-state index < -0.39 is 13.1 Å². The number of aliphatic hydroxyl groups is 2. The zero-order chi connectivity index (χ0) is 6.41. The summed E-state index contributed by atoms with van der Waals surface area (Å²) in [7, 11) is 0. The highest BCUT2D eigenvalue weighted by molar-refractivity contribution is 4.41. The maximum atomic E-state index is 9.32. The van der Waals surface area contributed by atoms with E-state index in [1.54, 1.807) is 0 Å². The highest BCUT2D eigenvalue weighted by Crippen LogP contribution is 1.83. The summed E-state index contributed by atoms with van der Waals surface area (Å²) in [5.74, 6) is 0. The van der Waals surface area contributed by atoms with Gasteiger partial charge in [0, 0.05) is 0 Å². The molecule has 0 aromatic heterocycles. The number of hydrogen-bond acceptors (Lipinski definition) is 5. The van der Waals surface area contributed by atoms with Gasteiger partial charge in [0.1, 0.15) is 13.3 Å². The van der Waals surface area contributed by atoms with Crippen molar-refractivity contribution in [2.75, 3.05) is 13.3 Å². The minimum absolute atomic E-state index is 0.347. The topological polar surface area (TPSA) is 79.1 Å². The van der Waals surface area contributed by atoms with E-state index in [1.807, 2.05) is 0 Å². The van der Waals surface area contributed by atoms with E-state index in [0.717, 1.165) is 0 Å². The zero-order valence-corrected chi connectivity index (χ0v) is 4.15. The summed E-state index contributed by atoms with van der Waals surface area (Å²) < 4.78 is 4.10. The minimum atomic E-state index is -1.27. The number of hydrogen-bond donors (Lipinski definition) is 2. The molecule has 1 atom stereocenters. The highest BCUT2D eigenvalue weighted by atomic mass is 16.7. The lowest BCUT2D eigenvalue weighted by Gasteiger charge is -2.02. The molecule has 0 rings (SSSR count). The van der Waals surface area contributed by atoms with Crippen molar-refractivity contribution in [3.63, 3.8) is 0 Å². The predicted molar refractivity (Wildman–Crippen MR) is 24.8 cm³/mol. The predicted octanol–water partition coefficient (Wildman–Crippen LogP) is -0.962. The summed E-state index contributed by atoms with van der Waals surface area (Å²) >= 11 is 0. The number of nitrogens with zero attached hydrogens (tertiary/aromatic N) is 1. The van der Waals surface area contributed by atoms with E-state index in [0.29, 0.717) is 0 Å². The van der Waals surface area contributed by atoms with Crippen LogP contribution in [0.5, 0.6) is 0 Å². The molecule has 1 unspecified atom stereocenters. The monoisotopic (exact) mass is 121 g/mol. The van der Waals surface area contributed by atoms with Crippen LogP contribution in [0, 0.1) is 4.91 Å². The Kier molecular flexibility index (Phi) is 4.33. The second-order valence-corrected chi connectivity index (χ2v) is 1.06. The van der Waals surface area contributed by atoms with Gasteiger partial charge in [-0.25, -0.2) is 0 Å². The summed E-state index contributed by atoms with van der Waals surface area (Å²) in [6, 6.07) is 0. The molecule has 0 fully saturated rings. The van der Waals surface area contributed by atoms with Crippen LogP contribution in [-0.2, 0) is 4.74 Å². The first-order chi connectivity index (χ1) is 3.81. The third-order valence-electron chi connectivity index (χ3n) is 0.498. The SMILES string of the molecule is O=NCC(O)OCO. The Morgan fingerprint density at radius 1 is 1.75 bits per heavy atom. The van der Waals surface area contributed by atoms with Crippen LogP contribution in [0.4, 0.5) is 0 Å². The largest absolute Gasteiger partial charge is 0.371 e. The standard InChI is InChI=1S/C3H7NO4/c5-2-8-3(6)1-4-7/h3,5-6H,1-2H2. The van der Waals surface area contributed by atoms with E-state index in [9.17, 15) is 4.91 Å². The van der Waals surface area contributed by atoms with Crippen LogP contribution < -0.4 is 0 Å². The molecule has 5 heteroatoms. The van der Waals surface area contributed by atoms with Crippen molar-refractivity contribution in [1.82, 2.24) is 0 Å². The van der Waals surface area contributed by atoms with Crippen LogP contribution >= 0.6 is 0 Å². The first kappa shape index (κ1) is 7.48. The highest BCUT2D eigenvalue weighted by Gasteiger charge is 1.99. The molecule has 0 aliphatic carbocycles. The average molecular weight is 121 g/mol. The van der Waals surface area contributed by atoms with Crippen LogP contribution in [-0.4, -0.2) is 29.8 Å². The van der Waals surface area contributed by atoms with Gasteiger partial charge in [0.05, 0.1) is 0 Å². The van der Waals surface area contributed by atoms with Gasteiger partial charge in [-0.1, -0.05) is 5.18 Å².